The van der Waals surface area contributed by atoms with E-state index in [2.05, 4.69) is 37.3 Å². The summed E-state index contributed by atoms with van der Waals surface area (Å²) in [4.78, 5) is 0. The predicted molar refractivity (Wildman–Crippen MR) is 97.9 cm³/mol. The number of hydrogen-bond donors (Lipinski definition) is 0. The van der Waals surface area contributed by atoms with E-state index in [1.54, 1.807) is 6.92 Å². The van der Waals surface area contributed by atoms with Gasteiger partial charge in [-0.3, -0.25) is 0 Å². The molecule has 0 unspecified atom stereocenters. The molecule has 2 nitrogen and oxygen atoms in total. The van der Waals surface area contributed by atoms with Crippen LogP contribution in [0, 0.1) is 6.92 Å². The number of fused-ring (bicyclic) bond motifs is 3. The fraction of sp³-hybridized carbons (Fsp3) is 0.143. The minimum Gasteiger partial charge on any atom is -0.805 e. The van der Waals surface area contributed by atoms with Crippen LogP contribution in [0.5, 0.6) is 0 Å². The number of nitrogens with zero attached hydrogens (tertiary/aromatic N) is 2. The summed E-state index contributed by atoms with van der Waals surface area (Å²) in [5.41, 5.74) is 8.65. The summed E-state index contributed by atoms with van der Waals surface area (Å²) in [5, 5.41) is 20.2. The van der Waals surface area contributed by atoms with Gasteiger partial charge < -0.3 is 10.8 Å². The van der Waals surface area contributed by atoms with Gasteiger partial charge in [-0.05, 0) is 53.7 Å². The Balaban J connectivity index is 0.00000169. The SMILES string of the molecule is CC1=CC=C(c2ccc3c(c2)Cc2cc(C)ccc2-3)C(=[N-])C1=[N-].[Y]. The molecule has 115 valence electrons. The standard InChI is InChI=1S/C21H16N2.Y/c1-12-3-6-17-15(9-12)11-16-10-14(5-8-18(16)17)19-7-4-13(2)20(22)21(19)23;/h3-10H,11H2,1-2H3;/q-2;. The third-order valence-corrected chi connectivity index (χ3v) is 4.70. The minimum absolute atomic E-state index is 0. The monoisotopic (exact) mass is 385 g/mol. The first kappa shape index (κ1) is 17.2. The van der Waals surface area contributed by atoms with E-state index < -0.39 is 0 Å². The summed E-state index contributed by atoms with van der Waals surface area (Å²) >= 11 is 0. The molecule has 0 bridgehead atoms. The van der Waals surface area contributed by atoms with E-state index in [0.717, 1.165) is 12.0 Å². The molecule has 2 aromatic carbocycles. The van der Waals surface area contributed by atoms with Crippen LogP contribution in [0.3, 0.4) is 0 Å². The normalized spacial score (nSPS) is 15.2. The van der Waals surface area contributed by atoms with Crippen molar-refractivity contribution >= 4 is 17.0 Å². The van der Waals surface area contributed by atoms with Crippen molar-refractivity contribution in [2.24, 2.45) is 0 Å². The molecule has 0 aliphatic heterocycles. The van der Waals surface area contributed by atoms with Crippen molar-refractivity contribution in [3.8, 4) is 11.1 Å². The molecule has 1 radical (unpaired) electrons. The number of rotatable bonds is 1. The van der Waals surface area contributed by atoms with E-state index in [1.165, 1.54) is 27.8 Å². The van der Waals surface area contributed by atoms with Crippen molar-refractivity contribution in [3.05, 3.63) is 87.2 Å². The smallest absolute Gasteiger partial charge is 0 e. The molecule has 0 amide bonds. The fourth-order valence-electron chi connectivity index (χ4n) is 3.42. The average molecular weight is 385 g/mol. The van der Waals surface area contributed by atoms with Crippen LogP contribution in [0.2, 0.25) is 0 Å². The maximum absolute atomic E-state index is 10.2. The van der Waals surface area contributed by atoms with Crippen molar-refractivity contribution in [1.82, 2.24) is 0 Å². The van der Waals surface area contributed by atoms with Gasteiger partial charge in [-0.25, -0.2) is 0 Å². The van der Waals surface area contributed by atoms with Gasteiger partial charge in [0.1, 0.15) is 0 Å². The van der Waals surface area contributed by atoms with Crippen molar-refractivity contribution in [3.63, 3.8) is 0 Å². The molecule has 2 aromatic rings. The number of aryl methyl sites for hydroxylation is 1. The molecule has 0 N–H and O–H groups in total. The van der Waals surface area contributed by atoms with Crippen LogP contribution in [0.15, 0.2) is 54.1 Å². The molecule has 0 aromatic heterocycles. The van der Waals surface area contributed by atoms with Crippen LogP contribution < -0.4 is 0 Å². The Kier molecular flexibility index (Phi) is 4.55. The van der Waals surface area contributed by atoms with Gasteiger partial charge in [0.2, 0.25) is 0 Å². The second-order valence-corrected chi connectivity index (χ2v) is 6.34. The Morgan fingerprint density at radius 3 is 2.21 bits per heavy atom. The Bertz CT molecular complexity index is 948. The minimum atomic E-state index is -0.0451. The summed E-state index contributed by atoms with van der Waals surface area (Å²) in [6.45, 7) is 3.89. The first-order valence-electron chi connectivity index (χ1n) is 7.79. The zero-order valence-electron chi connectivity index (χ0n) is 13.8. The molecule has 3 heteroatoms. The molecule has 24 heavy (non-hydrogen) atoms. The second kappa shape index (κ2) is 6.35. The van der Waals surface area contributed by atoms with Crippen molar-refractivity contribution in [2.45, 2.75) is 20.3 Å². The maximum Gasteiger partial charge on any atom is 0 e. The average Bonchev–Trinajstić information content (AvgIpc) is 2.89. The maximum atomic E-state index is 10.2. The fourth-order valence-corrected chi connectivity index (χ4v) is 3.42. The van der Waals surface area contributed by atoms with Gasteiger partial charge in [-0.15, -0.1) is 0 Å². The van der Waals surface area contributed by atoms with E-state index >= 15 is 0 Å². The largest absolute Gasteiger partial charge is 0.805 e. The van der Waals surface area contributed by atoms with Crippen molar-refractivity contribution < 1.29 is 32.7 Å². The van der Waals surface area contributed by atoms with Crippen LogP contribution in [0.4, 0.5) is 0 Å². The van der Waals surface area contributed by atoms with Gasteiger partial charge in [0, 0.05) is 32.7 Å². The van der Waals surface area contributed by atoms with Gasteiger partial charge in [-0.2, -0.15) is 11.4 Å². The van der Waals surface area contributed by atoms with E-state index in [9.17, 15) is 10.8 Å². The quantitative estimate of drug-likeness (QED) is 0.534. The molecule has 0 heterocycles. The van der Waals surface area contributed by atoms with Crippen LogP contribution in [-0.2, 0) is 39.1 Å². The summed E-state index contributed by atoms with van der Waals surface area (Å²) in [6, 6.07) is 12.8. The third kappa shape index (κ3) is 2.68. The Morgan fingerprint density at radius 1 is 0.792 bits per heavy atom. The number of allylic oxidation sites excluding steroid dienone is 4. The van der Waals surface area contributed by atoms with Crippen LogP contribution in [0.1, 0.15) is 29.2 Å². The van der Waals surface area contributed by atoms with E-state index in [-0.39, 0.29) is 44.1 Å². The van der Waals surface area contributed by atoms with E-state index in [1.807, 2.05) is 18.2 Å². The molecule has 4 rings (SSSR count). The molecule has 0 spiro atoms. The molecular weight excluding hydrogens is 369 g/mol. The van der Waals surface area contributed by atoms with Crippen molar-refractivity contribution in [1.29, 1.82) is 0 Å². The number of benzene rings is 2. The molecule has 0 fully saturated rings. The second-order valence-electron chi connectivity index (χ2n) is 6.34. The Hall–Kier alpha value is -1.64. The molecule has 0 saturated carbocycles. The van der Waals surface area contributed by atoms with Crippen LogP contribution in [0.25, 0.3) is 27.5 Å². The Labute approximate surface area is 167 Å². The van der Waals surface area contributed by atoms with Crippen LogP contribution >= 0.6 is 0 Å². The van der Waals surface area contributed by atoms with Crippen LogP contribution in [-0.4, -0.2) is 11.4 Å². The summed E-state index contributed by atoms with van der Waals surface area (Å²) < 4.78 is 0. The van der Waals surface area contributed by atoms with Gasteiger partial charge in [0.25, 0.3) is 0 Å². The molecular formula is C21H16N2Y-2. The van der Waals surface area contributed by atoms with E-state index in [0.29, 0.717) is 11.1 Å². The summed E-state index contributed by atoms with van der Waals surface area (Å²) in [6.07, 6.45) is 4.60. The summed E-state index contributed by atoms with van der Waals surface area (Å²) in [5.74, 6) is 0. The molecule has 0 atom stereocenters. The van der Waals surface area contributed by atoms with E-state index in [4.69, 9.17) is 0 Å². The number of hydrogen-bond acceptors (Lipinski definition) is 0. The van der Waals surface area contributed by atoms with Gasteiger partial charge in [-0.1, -0.05) is 59.7 Å². The van der Waals surface area contributed by atoms with Gasteiger partial charge in [0.15, 0.2) is 0 Å². The zero-order valence-corrected chi connectivity index (χ0v) is 16.6. The first-order chi connectivity index (χ1) is 11.0. The Morgan fingerprint density at radius 2 is 1.46 bits per heavy atom. The van der Waals surface area contributed by atoms with Gasteiger partial charge >= 0.3 is 0 Å². The molecule has 0 saturated heterocycles. The first-order valence-corrected chi connectivity index (χ1v) is 7.79. The zero-order chi connectivity index (χ0) is 16.1. The third-order valence-electron chi connectivity index (χ3n) is 4.70. The predicted octanol–water partition coefficient (Wildman–Crippen LogP) is 4.93. The summed E-state index contributed by atoms with van der Waals surface area (Å²) in [7, 11) is 0. The molecule has 2 aliphatic rings. The van der Waals surface area contributed by atoms with Gasteiger partial charge in [0.05, 0.1) is 0 Å². The topological polar surface area (TPSA) is 44.6 Å². The van der Waals surface area contributed by atoms with Crippen molar-refractivity contribution in [2.75, 3.05) is 0 Å². The molecule has 2 aliphatic carbocycles.